The number of phenols is 1. The minimum Gasteiger partial charge on any atom is -0.510 e. The molecule has 15 nitrogen and oxygen atoms in total. The number of aliphatic hydroxyl groups is 4. The SMILES string of the molecule is CC1c2ccc(Nc3nc(-c4cccc([N+](=O)[O-])c4)cs3)c(O)c2C(=O)C2=C(O)C3(O)C(=O)C(C(N)=O)=C(O)C(N(C)C)C3C(O)C21. The van der Waals surface area contributed by atoms with Crippen molar-refractivity contribution in [1.82, 2.24) is 9.88 Å². The van der Waals surface area contributed by atoms with Gasteiger partial charge < -0.3 is 36.6 Å². The first-order chi connectivity index (χ1) is 22.1. The zero-order valence-electron chi connectivity index (χ0n) is 25.0. The lowest BCUT2D eigenvalue weighted by molar-refractivity contribution is -0.384. The van der Waals surface area contributed by atoms with E-state index in [2.05, 4.69) is 10.3 Å². The highest BCUT2D eigenvalue weighted by molar-refractivity contribution is 7.14. The second kappa shape index (κ2) is 11.0. The van der Waals surface area contributed by atoms with Gasteiger partial charge in [-0.3, -0.25) is 29.4 Å². The van der Waals surface area contributed by atoms with E-state index in [4.69, 9.17) is 5.73 Å². The largest absolute Gasteiger partial charge is 0.510 e. The molecule has 8 N–H and O–H groups in total. The van der Waals surface area contributed by atoms with E-state index in [0.717, 1.165) is 11.3 Å². The summed E-state index contributed by atoms with van der Waals surface area (Å²) in [6.07, 6.45) is -1.70. The number of carbonyl (C=O) groups excluding carboxylic acids is 3. The van der Waals surface area contributed by atoms with Crippen molar-refractivity contribution in [3.63, 3.8) is 0 Å². The van der Waals surface area contributed by atoms with Crippen LogP contribution in [0.3, 0.4) is 0 Å². The molecule has 6 rings (SSSR count). The standard InChI is InChI=1S/C31H29N5O10S/c1-11-14-7-8-15(33-30-34-16(10-47-30)12-5-4-6-13(9-12)36(45)46)23(37)18(14)24(38)19-17(11)25(39)21-22(35(2)3)26(40)20(29(32)43)28(42)31(21,44)27(19)41/h4-11,17,21-22,25,37,39-41,44H,1-3H3,(H2,32,43)(H,33,34). The van der Waals surface area contributed by atoms with E-state index in [1.54, 1.807) is 24.4 Å². The van der Waals surface area contributed by atoms with Crippen molar-refractivity contribution < 1.29 is 44.8 Å². The van der Waals surface area contributed by atoms with Crippen LogP contribution in [0, 0.1) is 22.0 Å². The summed E-state index contributed by atoms with van der Waals surface area (Å²) in [4.78, 5) is 56.3. The number of nitrogens with zero attached hydrogens (tertiary/aromatic N) is 3. The lowest BCUT2D eigenvalue weighted by Crippen LogP contribution is -2.68. The number of nitro groups is 1. The van der Waals surface area contributed by atoms with E-state index in [1.807, 2.05) is 0 Å². The number of hydrogen-bond donors (Lipinski definition) is 7. The second-order valence-electron chi connectivity index (χ2n) is 11.9. The molecule has 1 amide bonds. The van der Waals surface area contributed by atoms with E-state index in [-0.39, 0.29) is 22.1 Å². The summed E-state index contributed by atoms with van der Waals surface area (Å²) in [5, 5.41) is 73.5. The Morgan fingerprint density at radius 1 is 1.17 bits per heavy atom. The Bertz CT molecular complexity index is 1970. The van der Waals surface area contributed by atoms with E-state index in [0.29, 0.717) is 16.8 Å². The molecule has 0 bridgehead atoms. The summed E-state index contributed by atoms with van der Waals surface area (Å²) in [7, 11) is 2.93. The van der Waals surface area contributed by atoms with Gasteiger partial charge in [0.1, 0.15) is 17.1 Å². The van der Waals surface area contributed by atoms with Crippen molar-refractivity contribution in [3.8, 4) is 17.0 Å². The van der Waals surface area contributed by atoms with Crippen LogP contribution >= 0.6 is 11.3 Å². The van der Waals surface area contributed by atoms with E-state index in [1.165, 1.54) is 43.3 Å². The molecule has 0 radical (unpaired) electrons. The molecular formula is C31H29N5O10S. The van der Waals surface area contributed by atoms with Crippen LogP contribution in [0.1, 0.15) is 28.8 Å². The average molecular weight is 664 g/mol. The highest BCUT2D eigenvalue weighted by Crippen LogP contribution is 2.56. The molecule has 1 heterocycles. The number of non-ortho nitro benzene ring substituents is 1. The van der Waals surface area contributed by atoms with Gasteiger partial charge >= 0.3 is 0 Å². The van der Waals surface area contributed by atoms with Gasteiger partial charge in [0.25, 0.3) is 11.6 Å². The van der Waals surface area contributed by atoms with E-state index in [9.17, 15) is 50.0 Å². The summed E-state index contributed by atoms with van der Waals surface area (Å²) in [5.41, 5.74) is 1.73. The number of fused-ring (bicyclic) bond motifs is 3. The number of hydrogen-bond acceptors (Lipinski definition) is 14. The number of carbonyl (C=O) groups is 3. The summed E-state index contributed by atoms with van der Waals surface area (Å²) in [6.45, 7) is 1.63. The van der Waals surface area contributed by atoms with Gasteiger partial charge in [0.2, 0.25) is 5.78 Å². The zero-order chi connectivity index (χ0) is 34.3. The Balaban J connectivity index is 1.43. The number of aromatic hydroxyl groups is 1. The topological polar surface area (TPSA) is 250 Å². The molecular weight excluding hydrogens is 634 g/mol. The molecule has 6 atom stereocenters. The molecule has 3 aliphatic rings. The third-order valence-corrected chi connectivity index (χ3v) is 9.99. The maximum Gasteiger partial charge on any atom is 0.270 e. The molecule has 47 heavy (non-hydrogen) atoms. The first-order valence-electron chi connectivity index (χ1n) is 14.3. The van der Waals surface area contributed by atoms with Crippen molar-refractivity contribution in [2.75, 3.05) is 19.4 Å². The molecule has 6 unspecified atom stereocenters. The van der Waals surface area contributed by atoms with Crippen molar-refractivity contribution in [3.05, 3.63) is 85.7 Å². The predicted octanol–water partition coefficient (Wildman–Crippen LogP) is 2.43. The number of likely N-dealkylation sites (N-methyl/N-ethyl adjacent to an activating group) is 1. The van der Waals surface area contributed by atoms with E-state index < -0.39 is 86.3 Å². The van der Waals surface area contributed by atoms with Crippen LogP contribution in [0.5, 0.6) is 5.75 Å². The Morgan fingerprint density at radius 3 is 2.51 bits per heavy atom. The van der Waals surface area contributed by atoms with E-state index >= 15 is 0 Å². The number of thiazole rings is 1. The number of anilines is 2. The average Bonchev–Trinajstić information content (AvgIpc) is 3.48. The molecule has 1 aromatic heterocycles. The minimum absolute atomic E-state index is 0.0426. The molecule has 3 aromatic rings. The highest BCUT2D eigenvalue weighted by atomic mass is 32.1. The fraction of sp³-hybridized carbons (Fsp3) is 0.290. The van der Waals surface area contributed by atoms with Gasteiger partial charge in [-0.25, -0.2) is 4.98 Å². The van der Waals surface area contributed by atoms with Crippen LogP contribution in [0.25, 0.3) is 11.3 Å². The van der Waals surface area contributed by atoms with Gasteiger partial charge in [-0.1, -0.05) is 25.1 Å². The molecule has 0 fully saturated rings. The van der Waals surface area contributed by atoms with Crippen molar-refractivity contribution in [2.45, 2.75) is 30.6 Å². The summed E-state index contributed by atoms with van der Waals surface area (Å²) in [6, 6.07) is 7.58. The summed E-state index contributed by atoms with van der Waals surface area (Å²) < 4.78 is 0. The number of aromatic nitrogens is 1. The van der Waals surface area contributed by atoms with Crippen molar-refractivity contribution in [1.29, 1.82) is 0 Å². The number of amides is 1. The number of aliphatic hydroxyl groups excluding tert-OH is 3. The minimum atomic E-state index is -3.01. The van der Waals surface area contributed by atoms with Gasteiger partial charge in [-0.05, 0) is 31.6 Å². The van der Waals surface area contributed by atoms with Gasteiger partial charge in [0.15, 0.2) is 22.3 Å². The fourth-order valence-corrected chi connectivity index (χ4v) is 7.81. The van der Waals surface area contributed by atoms with Crippen LogP contribution < -0.4 is 11.1 Å². The van der Waals surface area contributed by atoms with Crippen LogP contribution in [-0.4, -0.2) is 89.7 Å². The maximum absolute atomic E-state index is 14.1. The van der Waals surface area contributed by atoms with Crippen molar-refractivity contribution >= 4 is 45.3 Å². The molecule has 0 saturated heterocycles. The Morgan fingerprint density at radius 2 is 1.87 bits per heavy atom. The number of nitro benzene ring substituents is 1. The van der Waals surface area contributed by atoms with Gasteiger partial charge in [-0.15, -0.1) is 11.3 Å². The maximum atomic E-state index is 14.1. The van der Waals surface area contributed by atoms with Crippen LogP contribution in [0.15, 0.2) is 64.4 Å². The zero-order valence-corrected chi connectivity index (χ0v) is 25.8. The first-order valence-corrected chi connectivity index (χ1v) is 15.1. The fourth-order valence-electron chi connectivity index (χ4n) is 7.08. The summed E-state index contributed by atoms with van der Waals surface area (Å²) >= 11 is 1.13. The number of benzene rings is 2. The molecule has 0 saturated carbocycles. The van der Waals surface area contributed by atoms with Gasteiger partial charge in [-0.2, -0.15) is 0 Å². The molecule has 3 aliphatic carbocycles. The van der Waals surface area contributed by atoms with Crippen molar-refractivity contribution in [2.24, 2.45) is 17.6 Å². The Labute approximate surface area is 270 Å². The molecule has 0 aliphatic heterocycles. The number of nitrogens with two attached hydrogens (primary N) is 1. The van der Waals surface area contributed by atoms with Crippen LogP contribution in [0.4, 0.5) is 16.5 Å². The molecule has 244 valence electrons. The third-order valence-electron chi connectivity index (χ3n) is 9.23. The van der Waals surface area contributed by atoms with Gasteiger partial charge in [0, 0.05) is 34.6 Å². The van der Waals surface area contributed by atoms with Crippen LogP contribution in [0.2, 0.25) is 0 Å². The number of Topliss-reactive ketones (excluding diaryl/α,β-unsaturated/α-hetero) is 2. The number of phenolic OH excluding ortho intramolecular Hbond substituents is 1. The monoisotopic (exact) mass is 663 g/mol. The first kappa shape index (κ1) is 31.8. The second-order valence-corrected chi connectivity index (χ2v) is 12.8. The lowest BCUT2D eigenvalue weighted by atomic mass is 9.55. The molecule has 0 spiro atoms. The lowest BCUT2D eigenvalue weighted by Gasteiger charge is -2.53. The predicted molar refractivity (Wildman–Crippen MR) is 167 cm³/mol. The number of primary amides is 1. The highest BCUT2D eigenvalue weighted by Gasteiger charge is 2.67. The Kier molecular flexibility index (Phi) is 7.43. The third kappa shape index (κ3) is 4.51. The van der Waals surface area contributed by atoms with Crippen LogP contribution in [-0.2, 0) is 9.59 Å². The smallest absolute Gasteiger partial charge is 0.270 e. The quantitative estimate of drug-likeness (QED) is 0.0867. The number of nitrogens with one attached hydrogen (secondary N) is 1. The molecule has 16 heteroatoms. The number of ketones is 2. The molecule has 2 aromatic carbocycles. The normalized spacial score (nSPS) is 27.0. The number of rotatable bonds is 6. The summed E-state index contributed by atoms with van der Waals surface area (Å²) in [5.74, 6) is -9.81. The van der Waals surface area contributed by atoms with Gasteiger partial charge in [0.05, 0.1) is 39.9 Å². The Hall–Kier alpha value is -5.16.